The maximum absolute atomic E-state index is 10.7. The van der Waals surface area contributed by atoms with E-state index in [1.165, 1.54) is 7.11 Å². The van der Waals surface area contributed by atoms with Gasteiger partial charge in [-0.1, -0.05) is 6.58 Å². The molecular weight excluding hydrogens is 235 g/mol. The molecule has 0 amide bonds. The molecule has 0 aliphatic rings. The van der Waals surface area contributed by atoms with Crippen LogP contribution in [0.3, 0.4) is 0 Å². The summed E-state index contributed by atoms with van der Waals surface area (Å²) in [7, 11) is -2.73. The minimum atomic E-state index is -3.95. The summed E-state index contributed by atoms with van der Waals surface area (Å²) < 4.78 is 33.2. The van der Waals surface area contributed by atoms with Crippen molar-refractivity contribution in [2.75, 3.05) is 12.9 Å². The first-order valence-corrected chi connectivity index (χ1v) is 5.19. The summed E-state index contributed by atoms with van der Waals surface area (Å²) in [5.74, 6) is -0.932. The van der Waals surface area contributed by atoms with Crippen LogP contribution in [0.1, 0.15) is 14.3 Å². The summed E-state index contributed by atoms with van der Waals surface area (Å²) >= 11 is 0. The molecule has 0 fully saturated rings. The monoisotopic (exact) mass is 248 g/mol. The molecule has 0 bridgehead atoms. The first-order chi connectivity index (χ1) is 5.87. The molecule has 0 unspecified atom stereocenters. The summed E-state index contributed by atoms with van der Waals surface area (Å²) in [6.45, 7) is 3.39. The van der Waals surface area contributed by atoms with Crippen molar-refractivity contribution in [1.82, 2.24) is 0 Å². The van der Waals surface area contributed by atoms with Gasteiger partial charge in [-0.3, -0.25) is 4.55 Å². The third-order valence-corrected chi connectivity index (χ3v) is 2.16. The standard InChI is InChI=1S/C7H12O5S.K.H/c1-6(7(8)12-2)4-3-5-13(9,10)11;;/h1,3-5H2,2H3,(H,9,10,11);;/q;+1;-1. The Morgan fingerprint density at radius 1 is 1.57 bits per heavy atom. The predicted octanol–water partition coefficient (Wildman–Crippen LogP) is -2.50. The van der Waals surface area contributed by atoms with Gasteiger partial charge in [-0.25, -0.2) is 4.79 Å². The van der Waals surface area contributed by atoms with E-state index >= 15 is 0 Å². The average molecular weight is 248 g/mol. The van der Waals surface area contributed by atoms with Crippen molar-refractivity contribution in [2.45, 2.75) is 12.8 Å². The van der Waals surface area contributed by atoms with Crippen LogP contribution in [0.25, 0.3) is 0 Å². The van der Waals surface area contributed by atoms with E-state index in [1.807, 2.05) is 0 Å². The number of hydrogen-bond acceptors (Lipinski definition) is 4. The second kappa shape index (κ2) is 7.97. The summed E-state index contributed by atoms with van der Waals surface area (Å²) in [6, 6.07) is 0. The largest absolute Gasteiger partial charge is 1.00 e. The van der Waals surface area contributed by atoms with E-state index in [0.717, 1.165) is 0 Å². The molecule has 0 aromatic rings. The minimum Gasteiger partial charge on any atom is -1.00 e. The van der Waals surface area contributed by atoms with E-state index in [2.05, 4.69) is 11.3 Å². The van der Waals surface area contributed by atoms with Crippen molar-refractivity contribution >= 4 is 16.1 Å². The van der Waals surface area contributed by atoms with Gasteiger partial charge in [0.2, 0.25) is 0 Å². The number of methoxy groups -OCH3 is 1. The Morgan fingerprint density at radius 3 is 2.43 bits per heavy atom. The maximum Gasteiger partial charge on any atom is 1.00 e. The van der Waals surface area contributed by atoms with Gasteiger partial charge in [0.05, 0.1) is 12.9 Å². The molecule has 0 saturated heterocycles. The van der Waals surface area contributed by atoms with Crippen LogP contribution in [-0.2, 0) is 19.6 Å². The summed E-state index contributed by atoms with van der Waals surface area (Å²) in [6.07, 6.45) is 0.360. The number of hydrogen-bond donors (Lipinski definition) is 1. The number of ether oxygens (including phenoxy) is 1. The molecule has 0 aliphatic carbocycles. The molecule has 78 valence electrons. The summed E-state index contributed by atoms with van der Waals surface area (Å²) in [4.78, 5) is 10.7. The molecule has 0 heterocycles. The Hall–Kier alpha value is 0.756. The molecule has 0 aliphatic heterocycles. The molecule has 0 aromatic heterocycles. The minimum absolute atomic E-state index is 0. The fourth-order valence-corrected chi connectivity index (χ4v) is 1.22. The third kappa shape index (κ3) is 9.32. The third-order valence-electron chi connectivity index (χ3n) is 1.35. The zero-order valence-electron chi connectivity index (χ0n) is 9.32. The molecule has 0 saturated carbocycles. The van der Waals surface area contributed by atoms with E-state index in [-0.39, 0.29) is 77.0 Å². The molecule has 14 heavy (non-hydrogen) atoms. The molecule has 0 spiro atoms. The van der Waals surface area contributed by atoms with Crippen LogP contribution in [0.15, 0.2) is 12.2 Å². The van der Waals surface area contributed by atoms with Crippen LogP contribution in [0.5, 0.6) is 0 Å². The van der Waals surface area contributed by atoms with E-state index in [9.17, 15) is 13.2 Å². The second-order valence-corrected chi connectivity index (χ2v) is 4.06. The Labute approximate surface area is 128 Å². The van der Waals surface area contributed by atoms with Crippen LogP contribution >= 0.6 is 0 Å². The number of carbonyl (C=O) groups is 1. The molecule has 0 rings (SSSR count). The second-order valence-electron chi connectivity index (χ2n) is 2.48. The van der Waals surface area contributed by atoms with Crippen molar-refractivity contribution in [3.8, 4) is 0 Å². The quantitative estimate of drug-likeness (QED) is 0.252. The van der Waals surface area contributed by atoms with Crippen LogP contribution in [0.4, 0.5) is 0 Å². The van der Waals surface area contributed by atoms with Gasteiger partial charge in [0.25, 0.3) is 10.1 Å². The van der Waals surface area contributed by atoms with Crippen LogP contribution in [0.2, 0.25) is 0 Å². The Morgan fingerprint density at radius 2 is 2.07 bits per heavy atom. The van der Waals surface area contributed by atoms with Crippen LogP contribution in [-0.4, -0.2) is 31.8 Å². The first-order valence-electron chi connectivity index (χ1n) is 3.58. The zero-order chi connectivity index (χ0) is 10.5. The Kier molecular flexibility index (Phi) is 9.77. The summed E-state index contributed by atoms with van der Waals surface area (Å²) in [5.41, 5.74) is 0.200. The first kappa shape index (κ1) is 17.2. The van der Waals surface area contributed by atoms with Gasteiger partial charge in [-0.2, -0.15) is 8.42 Å². The molecule has 0 aromatic carbocycles. The van der Waals surface area contributed by atoms with Gasteiger partial charge < -0.3 is 6.16 Å². The molecule has 1 N–H and O–H groups in total. The normalized spacial score (nSPS) is 10.1. The fraction of sp³-hybridized carbons (Fsp3) is 0.571. The molecule has 5 nitrogen and oxygen atoms in total. The van der Waals surface area contributed by atoms with Gasteiger partial charge in [0, 0.05) is 5.57 Å². The van der Waals surface area contributed by atoms with Crippen molar-refractivity contribution in [2.24, 2.45) is 0 Å². The van der Waals surface area contributed by atoms with E-state index in [4.69, 9.17) is 4.55 Å². The van der Waals surface area contributed by atoms with Crippen LogP contribution < -0.4 is 51.4 Å². The van der Waals surface area contributed by atoms with Crippen molar-refractivity contribution < 1.29 is 75.3 Å². The smallest absolute Gasteiger partial charge is 1.00 e. The number of carbonyl (C=O) groups excluding carboxylic acids is 1. The number of esters is 1. The van der Waals surface area contributed by atoms with Gasteiger partial charge in [-0.05, 0) is 12.8 Å². The van der Waals surface area contributed by atoms with E-state index in [0.29, 0.717) is 0 Å². The SMILES string of the molecule is C=C(CCCS(=O)(=O)O)C(=O)OC.[H-].[K+]. The molecule has 0 radical (unpaired) electrons. The molecule has 0 atom stereocenters. The zero-order valence-corrected chi connectivity index (χ0v) is 12.3. The van der Waals surface area contributed by atoms with Crippen molar-refractivity contribution in [3.05, 3.63) is 12.2 Å². The van der Waals surface area contributed by atoms with E-state index < -0.39 is 16.1 Å². The average Bonchev–Trinajstić information content (AvgIpc) is 2.00. The topological polar surface area (TPSA) is 80.7 Å². The van der Waals surface area contributed by atoms with Crippen molar-refractivity contribution in [1.29, 1.82) is 0 Å². The Bertz CT molecular complexity index is 301. The van der Waals surface area contributed by atoms with E-state index in [1.54, 1.807) is 0 Å². The number of rotatable bonds is 5. The maximum atomic E-state index is 10.7. The summed E-state index contributed by atoms with van der Waals surface area (Å²) in [5, 5.41) is 0. The van der Waals surface area contributed by atoms with Gasteiger partial charge >= 0.3 is 57.4 Å². The fourth-order valence-electron chi connectivity index (χ4n) is 0.714. The van der Waals surface area contributed by atoms with Gasteiger partial charge in [0.15, 0.2) is 0 Å². The van der Waals surface area contributed by atoms with Crippen LogP contribution in [0, 0.1) is 0 Å². The van der Waals surface area contributed by atoms with Gasteiger partial charge in [0.1, 0.15) is 0 Å². The van der Waals surface area contributed by atoms with Gasteiger partial charge in [-0.15, -0.1) is 0 Å². The molecular formula is C7H13KO5S. The predicted molar refractivity (Wildman–Crippen MR) is 47.9 cm³/mol. The Balaban J connectivity index is -0.000000720. The molecule has 7 heteroatoms. The van der Waals surface area contributed by atoms with Crippen molar-refractivity contribution in [3.63, 3.8) is 0 Å².